The largest absolute Gasteiger partial charge is 0.441 e. The highest BCUT2D eigenvalue weighted by atomic mass is 32.2. The summed E-state index contributed by atoms with van der Waals surface area (Å²) in [6.07, 6.45) is 7.30. The summed E-state index contributed by atoms with van der Waals surface area (Å²) in [4.78, 5) is 0. The van der Waals surface area contributed by atoms with Gasteiger partial charge in [-0.1, -0.05) is 39.0 Å². The molecule has 0 saturated heterocycles. The molecule has 0 aromatic heterocycles. The van der Waals surface area contributed by atoms with Gasteiger partial charge in [0, 0.05) is 12.3 Å². The van der Waals surface area contributed by atoms with E-state index in [9.17, 15) is 13.2 Å². The maximum atomic E-state index is 11.7. The summed E-state index contributed by atoms with van der Waals surface area (Å²) in [5, 5.41) is 3.03. The first-order valence-electron chi connectivity index (χ1n) is 5.97. The molecule has 1 N–H and O–H groups in total. The van der Waals surface area contributed by atoms with E-state index in [1.165, 1.54) is 32.1 Å². The Morgan fingerprint density at radius 2 is 1.56 bits per heavy atom. The van der Waals surface area contributed by atoms with Crippen molar-refractivity contribution in [2.45, 2.75) is 51.0 Å². The van der Waals surface area contributed by atoms with Gasteiger partial charge in [-0.2, -0.15) is 13.2 Å². The molecule has 98 valence electrons. The van der Waals surface area contributed by atoms with Crippen molar-refractivity contribution in [2.75, 3.05) is 18.8 Å². The van der Waals surface area contributed by atoms with Gasteiger partial charge in [0.25, 0.3) is 0 Å². The molecule has 0 aliphatic rings. The fourth-order valence-corrected chi connectivity index (χ4v) is 1.87. The van der Waals surface area contributed by atoms with Crippen LogP contribution in [0.5, 0.6) is 0 Å². The lowest BCUT2D eigenvalue weighted by Gasteiger charge is -2.06. The monoisotopic (exact) mass is 257 g/mol. The first-order chi connectivity index (χ1) is 7.56. The number of rotatable bonds is 10. The van der Waals surface area contributed by atoms with E-state index in [0.29, 0.717) is 6.54 Å². The molecular formula is C11H22F3NS. The quantitative estimate of drug-likeness (QED) is 0.589. The van der Waals surface area contributed by atoms with Crippen molar-refractivity contribution < 1.29 is 13.2 Å². The highest BCUT2D eigenvalue weighted by molar-refractivity contribution is 8.00. The van der Waals surface area contributed by atoms with Crippen LogP contribution >= 0.6 is 11.8 Å². The number of hydrogen-bond acceptors (Lipinski definition) is 2. The van der Waals surface area contributed by atoms with Gasteiger partial charge in [0.05, 0.1) is 0 Å². The average Bonchev–Trinajstić information content (AvgIpc) is 2.19. The number of hydrogen-bond donors (Lipinski definition) is 1. The molecule has 0 amide bonds. The van der Waals surface area contributed by atoms with Crippen LogP contribution in [0.3, 0.4) is 0 Å². The lowest BCUT2D eigenvalue weighted by atomic mass is 10.1. The Labute approximate surface area is 101 Å². The Morgan fingerprint density at radius 1 is 0.938 bits per heavy atom. The lowest BCUT2D eigenvalue weighted by molar-refractivity contribution is -0.0327. The Kier molecular flexibility index (Phi) is 10.3. The van der Waals surface area contributed by atoms with Gasteiger partial charge in [-0.05, 0) is 24.7 Å². The molecule has 0 radical (unpaired) electrons. The van der Waals surface area contributed by atoms with E-state index in [0.717, 1.165) is 13.0 Å². The SMILES string of the molecule is CCCCCCCCNCCSC(F)(F)F. The van der Waals surface area contributed by atoms with Gasteiger partial charge in [-0.3, -0.25) is 0 Å². The molecule has 16 heavy (non-hydrogen) atoms. The normalized spacial score (nSPS) is 12.0. The van der Waals surface area contributed by atoms with Crippen molar-refractivity contribution in [1.82, 2.24) is 5.32 Å². The predicted molar refractivity (Wildman–Crippen MR) is 64.8 cm³/mol. The topological polar surface area (TPSA) is 12.0 Å². The molecule has 0 fully saturated rings. The van der Waals surface area contributed by atoms with Gasteiger partial charge in [0.2, 0.25) is 0 Å². The van der Waals surface area contributed by atoms with Gasteiger partial charge in [0.1, 0.15) is 0 Å². The minimum atomic E-state index is -4.08. The van der Waals surface area contributed by atoms with Crippen LogP contribution in [0.4, 0.5) is 13.2 Å². The van der Waals surface area contributed by atoms with Crippen LogP contribution in [-0.2, 0) is 0 Å². The standard InChI is InChI=1S/C11H22F3NS/c1-2-3-4-5-6-7-8-15-9-10-16-11(12,13)14/h15H,2-10H2,1H3. The number of nitrogens with one attached hydrogen (secondary N) is 1. The minimum Gasteiger partial charge on any atom is -0.316 e. The first-order valence-corrected chi connectivity index (χ1v) is 6.96. The van der Waals surface area contributed by atoms with Gasteiger partial charge in [-0.15, -0.1) is 0 Å². The molecule has 0 rings (SSSR count). The number of unbranched alkanes of at least 4 members (excludes halogenated alkanes) is 5. The van der Waals surface area contributed by atoms with Gasteiger partial charge in [-0.25, -0.2) is 0 Å². The Bertz CT molecular complexity index is 151. The fraction of sp³-hybridized carbons (Fsp3) is 1.00. The number of halogens is 3. The van der Waals surface area contributed by atoms with E-state index in [1.54, 1.807) is 0 Å². The Hall–Kier alpha value is 0.100. The highest BCUT2D eigenvalue weighted by Gasteiger charge is 2.27. The maximum Gasteiger partial charge on any atom is 0.441 e. The third-order valence-corrected chi connectivity index (χ3v) is 2.99. The van der Waals surface area contributed by atoms with Gasteiger partial charge >= 0.3 is 5.51 Å². The number of thioether (sulfide) groups is 1. The molecule has 0 unspecified atom stereocenters. The average molecular weight is 257 g/mol. The molecule has 0 aliphatic heterocycles. The summed E-state index contributed by atoms with van der Waals surface area (Å²) in [5.74, 6) is 0.110. The van der Waals surface area contributed by atoms with Gasteiger partial charge < -0.3 is 5.32 Å². The van der Waals surface area contributed by atoms with Crippen LogP contribution < -0.4 is 5.32 Å². The second kappa shape index (κ2) is 10.3. The fourth-order valence-electron chi connectivity index (χ4n) is 1.39. The summed E-state index contributed by atoms with van der Waals surface area (Å²) in [5.41, 5.74) is -4.08. The zero-order chi connectivity index (χ0) is 12.3. The zero-order valence-electron chi connectivity index (χ0n) is 9.91. The van der Waals surface area contributed by atoms with Crippen LogP contribution in [0.15, 0.2) is 0 Å². The number of alkyl halides is 3. The van der Waals surface area contributed by atoms with Gasteiger partial charge in [0.15, 0.2) is 0 Å². The van der Waals surface area contributed by atoms with Crippen LogP contribution in [0.25, 0.3) is 0 Å². The summed E-state index contributed by atoms with van der Waals surface area (Å²) in [7, 11) is 0. The Balaban J connectivity index is 2.99. The van der Waals surface area contributed by atoms with E-state index >= 15 is 0 Å². The van der Waals surface area contributed by atoms with E-state index in [4.69, 9.17) is 0 Å². The molecule has 0 saturated carbocycles. The molecule has 0 atom stereocenters. The van der Waals surface area contributed by atoms with E-state index in [-0.39, 0.29) is 17.5 Å². The van der Waals surface area contributed by atoms with E-state index in [1.807, 2.05) is 0 Å². The van der Waals surface area contributed by atoms with Crippen LogP contribution in [0.2, 0.25) is 0 Å². The van der Waals surface area contributed by atoms with Crippen molar-refractivity contribution in [1.29, 1.82) is 0 Å². The van der Waals surface area contributed by atoms with Crippen molar-refractivity contribution in [3.05, 3.63) is 0 Å². The van der Waals surface area contributed by atoms with Crippen LogP contribution in [0.1, 0.15) is 45.4 Å². The van der Waals surface area contributed by atoms with Crippen LogP contribution in [0, 0.1) is 0 Å². The summed E-state index contributed by atoms with van der Waals surface area (Å²) < 4.78 is 35.2. The molecule has 5 heteroatoms. The molecule has 0 aromatic carbocycles. The molecule has 1 nitrogen and oxygen atoms in total. The summed E-state index contributed by atoms with van der Waals surface area (Å²) >= 11 is 0.0460. The van der Waals surface area contributed by atoms with Crippen LogP contribution in [-0.4, -0.2) is 24.4 Å². The first kappa shape index (κ1) is 16.1. The van der Waals surface area contributed by atoms with Crippen molar-refractivity contribution in [2.24, 2.45) is 0 Å². The molecule has 0 spiro atoms. The van der Waals surface area contributed by atoms with Crippen molar-refractivity contribution >= 4 is 11.8 Å². The van der Waals surface area contributed by atoms with Crippen molar-refractivity contribution in [3.63, 3.8) is 0 Å². The summed E-state index contributed by atoms with van der Waals surface area (Å²) in [6.45, 7) is 3.46. The molecule has 0 heterocycles. The molecule has 0 bridgehead atoms. The molecular weight excluding hydrogens is 235 g/mol. The smallest absolute Gasteiger partial charge is 0.316 e. The van der Waals surface area contributed by atoms with Crippen molar-refractivity contribution in [3.8, 4) is 0 Å². The second-order valence-corrected chi connectivity index (χ2v) is 4.97. The molecule has 0 aliphatic carbocycles. The lowest BCUT2D eigenvalue weighted by Crippen LogP contribution is -2.19. The molecule has 0 aromatic rings. The summed E-state index contributed by atoms with van der Waals surface area (Å²) in [6, 6.07) is 0. The predicted octanol–water partition coefficient (Wildman–Crippen LogP) is 4.19. The van der Waals surface area contributed by atoms with E-state index < -0.39 is 5.51 Å². The second-order valence-electron chi connectivity index (χ2n) is 3.81. The third-order valence-electron chi connectivity index (χ3n) is 2.25. The third kappa shape index (κ3) is 14.1. The van der Waals surface area contributed by atoms with E-state index in [2.05, 4.69) is 12.2 Å². The minimum absolute atomic E-state index is 0.0460. The Morgan fingerprint density at radius 3 is 2.19 bits per heavy atom. The maximum absolute atomic E-state index is 11.7. The highest BCUT2D eigenvalue weighted by Crippen LogP contribution is 2.29. The zero-order valence-corrected chi connectivity index (χ0v) is 10.7.